The molecule has 3 aromatic rings. The highest BCUT2D eigenvalue weighted by Gasteiger charge is 2.19. The number of carbonyl (C=O) groups is 2. The minimum atomic E-state index is -1.09. The number of carboxylic acid groups (broad SMARTS) is 1. The minimum absolute atomic E-state index is 0.311. The Morgan fingerprint density at radius 2 is 1.81 bits per heavy atom. The van der Waals surface area contributed by atoms with Crippen LogP contribution in [-0.2, 0) is 9.59 Å². The van der Waals surface area contributed by atoms with Gasteiger partial charge in [-0.2, -0.15) is 0 Å². The van der Waals surface area contributed by atoms with E-state index in [1.54, 1.807) is 31.4 Å². The average Bonchev–Trinajstić information content (AvgIpc) is 2.76. The van der Waals surface area contributed by atoms with Gasteiger partial charge in [-0.3, -0.25) is 4.79 Å². The van der Waals surface area contributed by atoms with Crippen LogP contribution in [0.4, 0.5) is 0 Å². The Balaban J connectivity index is 1.79. The molecule has 31 heavy (non-hydrogen) atoms. The van der Waals surface area contributed by atoms with Gasteiger partial charge in [-0.1, -0.05) is 25.5 Å². The lowest BCUT2D eigenvalue weighted by atomic mass is 10.0. The number of hydrogen-bond donors (Lipinski definition) is 2. The zero-order valence-corrected chi connectivity index (χ0v) is 17.2. The molecule has 8 heteroatoms. The molecule has 0 saturated carbocycles. The van der Waals surface area contributed by atoms with Gasteiger partial charge in [0, 0.05) is 17.5 Å². The summed E-state index contributed by atoms with van der Waals surface area (Å²) in [7, 11) is 1.58. The molecular weight excluding hydrogens is 402 g/mol. The van der Waals surface area contributed by atoms with Gasteiger partial charge in [0.1, 0.15) is 23.1 Å². The maximum absolute atomic E-state index is 12.1. The molecule has 1 aromatic heterocycles. The summed E-state index contributed by atoms with van der Waals surface area (Å²) in [5, 5.41) is 12.3. The smallest absolute Gasteiger partial charge is 0.336 e. The van der Waals surface area contributed by atoms with E-state index < -0.39 is 23.5 Å². The molecule has 2 N–H and O–H groups in total. The first-order valence-corrected chi connectivity index (χ1v) is 9.78. The van der Waals surface area contributed by atoms with E-state index in [0.717, 1.165) is 5.56 Å². The third-order valence-corrected chi connectivity index (χ3v) is 4.70. The van der Waals surface area contributed by atoms with E-state index >= 15 is 0 Å². The molecule has 2 aromatic carbocycles. The number of fused-ring (bicyclic) bond motifs is 1. The molecule has 0 aliphatic rings. The van der Waals surface area contributed by atoms with E-state index in [-0.39, 0.29) is 6.61 Å². The van der Waals surface area contributed by atoms with E-state index in [4.69, 9.17) is 19.0 Å². The van der Waals surface area contributed by atoms with Crippen molar-refractivity contribution in [2.75, 3.05) is 13.7 Å². The Bertz CT molecular complexity index is 1130. The number of carboxylic acids is 1. The number of benzene rings is 2. The summed E-state index contributed by atoms with van der Waals surface area (Å²) in [6.45, 7) is 1.48. The summed E-state index contributed by atoms with van der Waals surface area (Å²) in [5.41, 5.74) is 1.31. The van der Waals surface area contributed by atoms with Crippen molar-refractivity contribution >= 4 is 22.8 Å². The molecule has 0 unspecified atom stereocenters. The number of nitrogens with one attached hydrogen (secondary N) is 1. The Morgan fingerprint density at radius 3 is 2.45 bits per heavy atom. The average molecular weight is 425 g/mol. The highest BCUT2D eigenvalue weighted by atomic mass is 16.5. The van der Waals surface area contributed by atoms with Gasteiger partial charge in [-0.15, -0.1) is 0 Å². The molecule has 0 bridgehead atoms. The summed E-state index contributed by atoms with van der Waals surface area (Å²) in [4.78, 5) is 35.3. The Labute approximate surface area is 178 Å². The maximum Gasteiger partial charge on any atom is 0.336 e. The van der Waals surface area contributed by atoms with Gasteiger partial charge in [0.25, 0.3) is 5.91 Å². The molecule has 1 heterocycles. The number of carbonyl (C=O) groups excluding carboxylic acids is 1. The molecule has 0 aliphatic carbocycles. The number of methoxy groups -OCH3 is 1. The number of rotatable bonds is 9. The minimum Gasteiger partial charge on any atom is -0.497 e. The van der Waals surface area contributed by atoms with Crippen molar-refractivity contribution in [3.8, 4) is 22.6 Å². The maximum atomic E-state index is 12.1. The van der Waals surface area contributed by atoms with Crippen LogP contribution in [-0.4, -0.2) is 36.7 Å². The van der Waals surface area contributed by atoms with Crippen LogP contribution in [0, 0.1) is 0 Å². The van der Waals surface area contributed by atoms with E-state index in [2.05, 4.69) is 5.32 Å². The molecule has 0 aliphatic heterocycles. The fourth-order valence-corrected chi connectivity index (χ4v) is 3.17. The topological polar surface area (TPSA) is 115 Å². The van der Waals surface area contributed by atoms with Gasteiger partial charge in [-0.05, 0) is 41.8 Å². The van der Waals surface area contributed by atoms with Gasteiger partial charge in [0.15, 0.2) is 6.61 Å². The molecule has 3 rings (SSSR count). The zero-order chi connectivity index (χ0) is 22.4. The van der Waals surface area contributed by atoms with E-state index in [1.165, 1.54) is 12.1 Å². The standard InChI is InChI=1S/C23H23NO7/c1-3-4-19(23(27)28)24-21(25)13-30-16-9-10-17-18(12-22(26)31-20(17)11-16)14-5-7-15(29-2)8-6-14/h5-12,19H,3-4,13H2,1-2H3,(H,24,25)(H,27,28)/t19-/m0/s1. The number of ether oxygens (including phenoxy) is 2. The van der Waals surface area contributed by atoms with Gasteiger partial charge in [0.05, 0.1) is 7.11 Å². The van der Waals surface area contributed by atoms with Gasteiger partial charge >= 0.3 is 11.6 Å². The third-order valence-electron chi connectivity index (χ3n) is 4.70. The van der Waals surface area contributed by atoms with Gasteiger partial charge in [0.2, 0.25) is 0 Å². The molecule has 0 spiro atoms. The van der Waals surface area contributed by atoms with Crippen LogP contribution in [0.2, 0.25) is 0 Å². The second kappa shape index (κ2) is 9.80. The molecule has 1 atom stereocenters. The van der Waals surface area contributed by atoms with Crippen molar-refractivity contribution in [1.29, 1.82) is 0 Å². The third kappa shape index (κ3) is 5.42. The number of amides is 1. The monoisotopic (exact) mass is 425 g/mol. The van der Waals surface area contributed by atoms with Crippen LogP contribution >= 0.6 is 0 Å². The van der Waals surface area contributed by atoms with Crippen LogP contribution in [0.1, 0.15) is 19.8 Å². The highest BCUT2D eigenvalue weighted by Crippen LogP contribution is 2.30. The number of aliphatic carboxylic acids is 1. The molecule has 0 saturated heterocycles. The van der Waals surface area contributed by atoms with Crippen LogP contribution in [0.5, 0.6) is 11.5 Å². The van der Waals surface area contributed by atoms with Crippen LogP contribution < -0.4 is 20.4 Å². The normalized spacial score (nSPS) is 11.7. The predicted octanol–water partition coefficient (Wildman–Crippen LogP) is 3.22. The Hall–Kier alpha value is -3.81. The van der Waals surface area contributed by atoms with Crippen molar-refractivity contribution in [1.82, 2.24) is 5.32 Å². The van der Waals surface area contributed by atoms with Crippen molar-refractivity contribution in [3.63, 3.8) is 0 Å². The quantitative estimate of drug-likeness (QED) is 0.506. The summed E-state index contributed by atoms with van der Waals surface area (Å²) >= 11 is 0. The summed E-state index contributed by atoms with van der Waals surface area (Å²) < 4.78 is 15.9. The first kappa shape index (κ1) is 21.9. The first-order valence-electron chi connectivity index (χ1n) is 9.78. The zero-order valence-electron chi connectivity index (χ0n) is 17.2. The fraction of sp³-hybridized carbons (Fsp3) is 0.261. The Morgan fingerprint density at radius 1 is 1.10 bits per heavy atom. The van der Waals surface area contributed by atoms with Gasteiger partial charge in [-0.25, -0.2) is 9.59 Å². The van der Waals surface area contributed by atoms with Gasteiger partial charge < -0.3 is 24.3 Å². The first-order chi connectivity index (χ1) is 14.9. The lowest BCUT2D eigenvalue weighted by Gasteiger charge is -2.14. The molecule has 1 amide bonds. The lowest BCUT2D eigenvalue weighted by molar-refractivity contribution is -0.142. The second-order valence-corrected chi connectivity index (χ2v) is 6.90. The molecule has 0 fully saturated rings. The Kier molecular flexibility index (Phi) is 6.92. The van der Waals surface area contributed by atoms with E-state index in [1.807, 2.05) is 19.1 Å². The largest absolute Gasteiger partial charge is 0.497 e. The fourth-order valence-electron chi connectivity index (χ4n) is 3.17. The molecule has 8 nitrogen and oxygen atoms in total. The second-order valence-electron chi connectivity index (χ2n) is 6.90. The van der Waals surface area contributed by atoms with E-state index in [9.17, 15) is 14.4 Å². The van der Waals surface area contributed by atoms with Crippen molar-refractivity contribution in [2.45, 2.75) is 25.8 Å². The SMILES string of the molecule is CCC[C@H](NC(=O)COc1ccc2c(-c3ccc(OC)cc3)cc(=O)oc2c1)C(=O)O. The van der Waals surface area contributed by atoms with Crippen LogP contribution in [0.15, 0.2) is 57.7 Å². The lowest BCUT2D eigenvalue weighted by Crippen LogP contribution is -2.42. The molecular formula is C23H23NO7. The van der Waals surface area contributed by atoms with E-state index in [0.29, 0.717) is 40.9 Å². The van der Waals surface area contributed by atoms with Crippen LogP contribution in [0.25, 0.3) is 22.1 Å². The van der Waals surface area contributed by atoms with Crippen molar-refractivity contribution in [3.05, 3.63) is 59.0 Å². The predicted molar refractivity (Wildman–Crippen MR) is 114 cm³/mol. The van der Waals surface area contributed by atoms with Crippen molar-refractivity contribution in [2.24, 2.45) is 0 Å². The summed E-state index contributed by atoms with van der Waals surface area (Å²) in [6, 6.07) is 12.7. The molecule has 162 valence electrons. The van der Waals surface area contributed by atoms with Crippen LogP contribution in [0.3, 0.4) is 0 Å². The van der Waals surface area contributed by atoms with Crippen molar-refractivity contribution < 1.29 is 28.6 Å². The summed E-state index contributed by atoms with van der Waals surface area (Å²) in [5.74, 6) is -0.614. The number of hydrogen-bond acceptors (Lipinski definition) is 6. The summed E-state index contributed by atoms with van der Waals surface area (Å²) in [6.07, 6.45) is 0.953. The molecule has 0 radical (unpaired) electrons. The highest BCUT2D eigenvalue weighted by molar-refractivity contribution is 5.94.